The van der Waals surface area contributed by atoms with Crippen molar-refractivity contribution in [3.8, 4) is 0 Å². The minimum Gasteiger partial charge on any atom is -0.308 e. The average Bonchev–Trinajstić information content (AvgIpc) is 3.41. The third-order valence-corrected chi connectivity index (χ3v) is 5.33. The van der Waals surface area contributed by atoms with Crippen LogP contribution in [0.2, 0.25) is 0 Å². The highest BCUT2D eigenvalue weighted by Crippen LogP contribution is 2.17. The van der Waals surface area contributed by atoms with Crippen LogP contribution in [0.4, 0.5) is 32.3 Å². The molecule has 0 bridgehead atoms. The van der Waals surface area contributed by atoms with Gasteiger partial charge in [-0.2, -0.15) is 0 Å². The summed E-state index contributed by atoms with van der Waals surface area (Å²) in [5.74, 6) is 1.59. The Labute approximate surface area is 208 Å². The van der Waals surface area contributed by atoms with Gasteiger partial charge in [0.25, 0.3) is 5.84 Å². The third-order valence-electron chi connectivity index (χ3n) is 5.33. The molecule has 3 aromatic rings. The number of rotatable bonds is 6. The summed E-state index contributed by atoms with van der Waals surface area (Å²) in [5, 5.41) is 14.4. The summed E-state index contributed by atoms with van der Waals surface area (Å²) in [6.07, 6.45) is 0. The maximum atomic E-state index is 12.5. The van der Waals surface area contributed by atoms with Crippen molar-refractivity contribution >= 4 is 53.2 Å². The fourth-order valence-corrected chi connectivity index (χ4v) is 3.68. The number of hydrogen-bond acceptors (Lipinski definition) is 3. The summed E-state index contributed by atoms with van der Waals surface area (Å²) in [6, 6.07) is 20.8. The Kier molecular flexibility index (Phi) is 7.66. The van der Waals surface area contributed by atoms with Crippen LogP contribution < -0.4 is 36.6 Å². The number of aliphatic imine (C=N–C) groups is 1. The van der Waals surface area contributed by atoms with E-state index in [-0.39, 0.29) is 0 Å². The zero-order valence-corrected chi connectivity index (χ0v) is 19.8. The summed E-state index contributed by atoms with van der Waals surface area (Å²) in [5.41, 5.74) is 4.17. The number of amidine groups is 2. The lowest BCUT2D eigenvalue weighted by atomic mass is 10.2. The van der Waals surface area contributed by atoms with Gasteiger partial charge in [0.1, 0.15) is 19.8 Å². The van der Waals surface area contributed by atoms with Crippen LogP contribution in [0, 0.1) is 0 Å². The number of nitrogens with zero attached hydrogens (tertiary/aromatic N) is 1. The highest BCUT2D eigenvalue weighted by Gasteiger charge is 2.15. The standard InChI is InChI=1S/C26H26N8O2/c1-27-23(28-2)17-9-11-19(12-10-17)31-25(35)33-21-7-4-8-22(16-21)34-26(36)32-20-6-3-5-18(15-20)24-29-13-14-30-24/h3-12,15-16H,1,13-14H2,2H3,(H,29,30)(H2,31,33,35)(H2,32,34,36)/p+2. The smallest absolute Gasteiger partial charge is 0.308 e. The first-order valence-corrected chi connectivity index (χ1v) is 11.4. The number of nitrogens with one attached hydrogen (secondary N) is 7. The van der Waals surface area contributed by atoms with Gasteiger partial charge in [0, 0.05) is 22.7 Å². The average molecular weight is 485 g/mol. The minimum absolute atomic E-state index is 0.391. The van der Waals surface area contributed by atoms with E-state index in [0.29, 0.717) is 28.6 Å². The van der Waals surface area contributed by atoms with Crippen LogP contribution in [0.25, 0.3) is 0 Å². The Morgan fingerprint density at radius 2 is 1.44 bits per heavy atom. The molecule has 1 heterocycles. The van der Waals surface area contributed by atoms with Gasteiger partial charge in [-0.3, -0.25) is 15.3 Å². The van der Waals surface area contributed by atoms with Crippen molar-refractivity contribution < 1.29 is 19.6 Å². The molecule has 0 saturated carbocycles. The molecule has 7 N–H and O–H groups in total. The second kappa shape index (κ2) is 11.4. The number of carbonyl (C=O) groups excluding carboxylic acids is 2. The molecule has 0 atom stereocenters. The predicted molar refractivity (Wildman–Crippen MR) is 143 cm³/mol. The first-order valence-electron chi connectivity index (χ1n) is 11.4. The Morgan fingerprint density at radius 1 is 0.861 bits per heavy atom. The SMILES string of the molecule is C=NC(=[NH+]C)c1ccc(NC(=O)Nc2cccc(NC(=O)Nc3cccc(C4=[NH+]CCN4)c3)c2)cc1. The fraction of sp³-hybridized carbons (Fsp3) is 0.115. The molecule has 4 amide bonds. The number of urea groups is 2. The van der Waals surface area contributed by atoms with Crippen molar-refractivity contribution in [2.24, 2.45) is 4.99 Å². The zero-order valence-electron chi connectivity index (χ0n) is 19.8. The summed E-state index contributed by atoms with van der Waals surface area (Å²) >= 11 is 0. The molecular weight excluding hydrogens is 456 g/mol. The van der Waals surface area contributed by atoms with Crippen LogP contribution >= 0.6 is 0 Å². The van der Waals surface area contributed by atoms with Gasteiger partial charge >= 0.3 is 17.9 Å². The van der Waals surface area contributed by atoms with Gasteiger partial charge in [0.05, 0.1) is 18.2 Å². The van der Waals surface area contributed by atoms with Crippen LogP contribution in [-0.4, -0.2) is 50.6 Å². The number of amides is 4. The molecule has 4 rings (SSSR count). The molecule has 0 aromatic heterocycles. The molecule has 10 heteroatoms. The molecule has 0 saturated heterocycles. The molecular formula is C26H28N8O2+2. The van der Waals surface area contributed by atoms with Crippen molar-refractivity contribution in [2.45, 2.75) is 0 Å². The second-order valence-electron chi connectivity index (χ2n) is 7.88. The number of anilines is 4. The first kappa shape index (κ1) is 24.1. The highest BCUT2D eigenvalue weighted by atomic mass is 16.2. The normalized spacial score (nSPS) is 12.7. The van der Waals surface area contributed by atoms with E-state index in [0.717, 1.165) is 30.1 Å². The molecule has 0 fully saturated rings. The number of carbonyl (C=O) groups is 2. The van der Waals surface area contributed by atoms with Gasteiger partial charge in [-0.25, -0.2) is 9.59 Å². The summed E-state index contributed by atoms with van der Waals surface area (Å²) in [6.45, 7) is 5.26. The van der Waals surface area contributed by atoms with Gasteiger partial charge < -0.3 is 21.3 Å². The van der Waals surface area contributed by atoms with Gasteiger partial charge in [-0.1, -0.05) is 17.1 Å². The molecule has 0 aliphatic carbocycles. The van der Waals surface area contributed by atoms with Crippen LogP contribution in [0.3, 0.4) is 0 Å². The van der Waals surface area contributed by atoms with E-state index < -0.39 is 12.1 Å². The zero-order chi connectivity index (χ0) is 25.3. The quantitative estimate of drug-likeness (QED) is 0.204. The molecule has 36 heavy (non-hydrogen) atoms. The highest BCUT2D eigenvalue weighted by molar-refractivity contribution is 6.03. The van der Waals surface area contributed by atoms with E-state index in [2.05, 4.69) is 48.3 Å². The minimum atomic E-state index is -0.410. The van der Waals surface area contributed by atoms with Gasteiger partial charge in [0.2, 0.25) is 0 Å². The monoisotopic (exact) mass is 484 g/mol. The molecule has 182 valence electrons. The lowest BCUT2D eigenvalue weighted by molar-refractivity contribution is -0.444. The topological polar surface area (TPSA) is 135 Å². The Morgan fingerprint density at radius 3 is 2.00 bits per heavy atom. The maximum absolute atomic E-state index is 12.5. The van der Waals surface area contributed by atoms with Crippen LogP contribution in [0.5, 0.6) is 0 Å². The van der Waals surface area contributed by atoms with E-state index in [1.54, 1.807) is 43.4 Å². The third kappa shape index (κ3) is 6.32. The molecule has 0 unspecified atom stereocenters. The lowest BCUT2D eigenvalue weighted by Crippen LogP contribution is -2.70. The van der Waals surface area contributed by atoms with E-state index in [1.807, 2.05) is 36.4 Å². The first-order chi connectivity index (χ1) is 17.5. The Balaban J connectivity index is 1.32. The summed E-state index contributed by atoms with van der Waals surface area (Å²) in [7, 11) is 1.76. The van der Waals surface area contributed by atoms with Gasteiger partial charge in [0.15, 0.2) is 0 Å². The molecule has 0 spiro atoms. The molecule has 1 aliphatic heterocycles. The van der Waals surface area contributed by atoms with E-state index in [1.165, 1.54) is 0 Å². The van der Waals surface area contributed by atoms with Crippen LogP contribution in [-0.2, 0) is 0 Å². The molecule has 3 aromatic carbocycles. The molecule has 1 aliphatic rings. The van der Waals surface area contributed by atoms with Crippen molar-refractivity contribution in [2.75, 3.05) is 41.4 Å². The van der Waals surface area contributed by atoms with E-state index in [4.69, 9.17) is 0 Å². The Hall–Kier alpha value is -4.99. The fourth-order valence-electron chi connectivity index (χ4n) is 3.68. The maximum Gasteiger partial charge on any atom is 0.323 e. The number of hydrogen-bond donors (Lipinski definition) is 7. The van der Waals surface area contributed by atoms with Crippen LogP contribution in [0.1, 0.15) is 11.1 Å². The largest absolute Gasteiger partial charge is 0.323 e. The summed E-state index contributed by atoms with van der Waals surface area (Å²) < 4.78 is 0. The molecule has 10 nitrogen and oxygen atoms in total. The van der Waals surface area contributed by atoms with Gasteiger partial charge in [-0.15, -0.1) is 0 Å². The predicted octanol–water partition coefficient (Wildman–Crippen LogP) is 0.563. The van der Waals surface area contributed by atoms with E-state index >= 15 is 0 Å². The second-order valence-corrected chi connectivity index (χ2v) is 7.88. The van der Waals surface area contributed by atoms with Gasteiger partial charge in [-0.05, 0) is 60.7 Å². The van der Waals surface area contributed by atoms with Crippen LogP contribution in [0.15, 0.2) is 77.8 Å². The van der Waals surface area contributed by atoms with E-state index in [9.17, 15) is 9.59 Å². The summed E-state index contributed by atoms with van der Waals surface area (Å²) in [4.78, 5) is 35.1. The number of benzene rings is 3. The van der Waals surface area contributed by atoms with Crippen molar-refractivity contribution in [1.82, 2.24) is 5.32 Å². The van der Waals surface area contributed by atoms with Crippen molar-refractivity contribution in [3.05, 3.63) is 83.9 Å². The Bertz CT molecular complexity index is 1330. The lowest BCUT2D eigenvalue weighted by Gasteiger charge is -2.11. The van der Waals surface area contributed by atoms with Crippen molar-refractivity contribution in [3.63, 3.8) is 0 Å². The van der Waals surface area contributed by atoms with Crippen molar-refractivity contribution in [1.29, 1.82) is 0 Å². The molecule has 0 radical (unpaired) electrons.